The van der Waals surface area contributed by atoms with Crippen molar-refractivity contribution in [1.29, 1.82) is 0 Å². The topological polar surface area (TPSA) is 86.8 Å². The van der Waals surface area contributed by atoms with Gasteiger partial charge in [-0.25, -0.2) is 8.42 Å². The molecule has 0 aliphatic carbocycles. The summed E-state index contributed by atoms with van der Waals surface area (Å²) < 4.78 is 29.0. The molecule has 7 nitrogen and oxygen atoms in total. The van der Waals surface area contributed by atoms with Gasteiger partial charge in [0.25, 0.3) is 10.0 Å². The van der Waals surface area contributed by atoms with Crippen LogP contribution >= 0.6 is 11.6 Å². The first-order valence-electron chi connectivity index (χ1n) is 13.9. The van der Waals surface area contributed by atoms with Crippen molar-refractivity contribution in [3.05, 3.63) is 94.0 Å². The zero-order valence-corrected chi connectivity index (χ0v) is 26.2. The molecule has 3 rings (SSSR count). The molecular formula is C32H40ClN3O4S. The third kappa shape index (κ3) is 8.11. The predicted molar refractivity (Wildman–Crippen MR) is 166 cm³/mol. The first kappa shape index (κ1) is 32.2. The van der Waals surface area contributed by atoms with Crippen LogP contribution in [0.3, 0.4) is 0 Å². The number of hydrogen-bond acceptors (Lipinski definition) is 4. The largest absolute Gasteiger partial charge is 0.352 e. The number of sulfonamides is 1. The van der Waals surface area contributed by atoms with Crippen molar-refractivity contribution in [3.8, 4) is 0 Å². The Balaban J connectivity index is 2.08. The van der Waals surface area contributed by atoms with Gasteiger partial charge in [-0.3, -0.25) is 13.9 Å². The fraction of sp³-hybridized carbons (Fsp3) is 0.375. The highest BCUT2D eigenvalue weighted by molar-refractivity contribution is 7.92. The summed E-state index contributed by atoms with van der Waals surface area (Å²) in [4.78, 5) is 29.1. The number of benzene rings is 3. The number of nitrogens with one attached hydrogen (secondary N) is 1. The Morgan fingerprint density at radius 2 is 1.46 bits per heavy atom. The molecule has 0 fully saturated rings. The first-order valence-corrected chi connectivity index (χ1v) is 15.7. The van der Waals surface area contributed by atoms with Crippen molar-refractivity contribution in [2.24, 2.45) is 0 Å². The Labute approximate surface area is 249 Å². The molecule has 0 spiro atoms. The van der Waals surface area contributed by atoms with Crippen LogP contribution in [-0.2, 0) is 26.2 Å². The summed E-state index contributed by atoms with van der Waals surface area (Å²) in [7, 11) is -4.16. The van der Waals surface area contributed by atoms with E-state index in [1.54, 1.807) is 30.3 Å². The van der Waals surface area contributed by atoms with Crippen molar-refractivity contribution in [2.75, 3.05) is 10.8 Å². The normalized spacial score (nSPS) is 12.9. The van der Waals surface area contributed by atoms with Crippen LogP contribution in [0.2, 0.25) is 5.02 Å². The molecule has 2 atom stereocenters. The van der Waals surface area contributed by atoms with E-state index in [9.17, 15) is 18.0 Å². The van der Waals surface area contributed by atoms with Crippen LogP contribution in [0.4, 0.5) is 5.69 Å². The molecule has 0 unspecified atom stereocenters. The second kappa shape index (κ2) is 14.0. The van der Waals surface area contributed by atoms with E-state index < -0.39 is 28.5 Å². The Hall–Kier alpha value is -3.36. The Morgan fingerprint density at radius 1 is 0.878 bits per heavy atom. The van der Waals surface area contributed by atoms with Gasteiger partial charge in [-0.15, -0.1) is 0 Å². The Morgan fingerprint density at radius 3 is 2.00 bits per heavy atom. The molecule has 0 heterocycles. The highest BCUT2D eigenvalue weighted by atomic mass is 35.5. The molecule has 0 saturated heterocycles. The number of aryl methyl sites for hydroxylation is 3. The van der Waals surface area contributed by atoms with Crippen LogP contribution < -0.4 is 9.62 Å². The molecule has 0 aromatic heterocycles. The molecule has 2 amide bonds. The van der Waals surface area contributed by atoms with Gasteiger partial charge in [-0.05, 0) is 75.9 Å². The zero-order valence-electron chi connectivity index (χ0n) is 24.6. The first-order chi connectivity index (χ1) is 19.4. The van der Waals surface area contributed by atoms with Gasteiger partial charge in [0.1, 0.15) is 12.6 Å². The van der Waals surface area contributed by atoms with Crippen molar-refractivity contribution in [2.45, 2.75) is 77.9 Å². The minimum atomic E-state index is -4.16. The molecule has 3 aromatic rings. The van der Waals surface area contributed by atoms with Crippen molar-refractivity contribution in [3.63, 3.8) is 0 Å². The maximum absolute atomic E-state index is 14.1. The van der Waals surface area contributed by atoms with Gasteiger partial charge in [0.2, 0.25) is 11.8 Å². The van der Waals surface area contributed by atoms with Crippen LogP contribution in [0.1, 0.15) is 55.9 Å². The van der Waals surface area contributed by atoms with Crippen LogP contribution in [0.5, 0.6) is 0 Å². The van der Waals surface area contributed by atoms with Gasteiger partial charge in [0, 0.05) is 17.6 Å². The quantitative estimate of drug-likeness (QED) is 0.270. The minimum Gasteiger partial charge on any atom is -0.352 e. The van der Waals surface area contributed by atoms with Crippen molar-refractivity contribution < 1.29 is 18.0 Å². The second-order valence-electron chi connectivity index (χ2n) is 10.5. The fourth-order valence-corrected chi connectivity index (χ4v) is 5.93. The summed E-state index contributed by atoms with van der Waals surface area (Å²) in [6.45, 7) is 11.0. The standard InChI is InChI=1S/C32H40ClN3O4S/c1-7-25(6)34-32(38)30(8-2)35(20-26-14-9-22(3)10-15-26)31(37)21-36(27-16-13-24(5)29(33)19-27)41(39,40)28-17-11-23(4)12-18-28/h9-19,25,30H,7-8,20-21H2,1-6H3,(H,34,38)/t25-,30-/m0/s1. The lowest BCUT2D eigenvalue weighted by atomic mass is 10.1. The van der Waals surface area contributed by atoms with E-state index in [-0.39, 0.29) is 29.1 Å². The number of carbonyl (C=O) groups excluding carboxylic acids is 2. The van der Waals surface area contributed by atoms with Gasteiger partial charge in [-0.1, -0.05) is 79.0 Å². The van der Waals surface area contributed by atoms with E-state index in [1.165, 1.54) is 17.0 Å². The second-order valence-corrected chi connectivity index (χ2v) is 12.8. The van der Waals surface area contributed by atoms with Gasteiger partial charge in [0.05, 0.1) is 10.6 Å². The average Bonchev–Trinajstić information content (AvgIpc) is 2.94. The van der Waals surface area contributed by atoms with E-state index in [1.807, 2.05) is 65.8 Å². The average molecular weight is 598 g/mol. The van der Waals surface area contributed by atoms with E-state index >= 15 is 0 Å². The lowest BCUT2D eigenvalue weighted by Gasteiger charge is -2.34. The summed E-state index contributed by atoms with van der Waals surface area (Å²) in [5.74, 6) is -0.766. The van der Waals surface area contributed by atoms with Crippen LogP contribution in [-0.4, -0.2) is 43.8 Å². The van der Waals surface area contributed by atoms with Crippen molar-refractivity contribution >= 4 is 39.1 Å². The SMILES string of the molecule is CC[C@H](C)NC(=O)[C@H](CC)N(Cc1ccc(C)cc1)C(=O)CN(c1ccc(C)c(Cl)c1)S(=O)(=O)c1ccc(C)cc1. The molecule has 0 saturated carbocycles. The summed E-state index contributed by atoms with van der Waals surface area (Å²) in [5, 5.41) is 3.37. The molecule has 41 heavy (non-hydrogen) atoms. The molecule has 3 aromatic carbocycles. The predicted octanol–water partition coefficient (Wildman–Crippen LogP) is 6.18. The van der Waals surface area contributed by atoms with Crippen LogP contribution in [0.25, 0.3) is 0 Å². The number of amides is 2. The molecule has 0 bridgehead atoms. The summed E-state index contributed by atoms with van der Waals surface area (Å²) in [6.07, 6.45) is 1.10. The molecule has 220 valence electrons. The van der Waals surface area contributed by atoms with Gasteiger partial charge in [-0.2, -0.15) is 0 Å². The molecule has 1 N–H and O–H groups in total. The number of anilines is 1. The van der Waals surface area contributed by atoms with Gasteiger partial charge in [0.15, 0.2) is 0 Å². The van der Waals surface area contributed by atoms with Gasteiger partial charge < -0.3 is 10.2 Å². The summed E-state index contributed by atoms with van der Waals surface area (Å²) in [5.41, 5.74) is 3.86. The molecular weight excluding hydrogens is 558 g/mol. The Kier molecular flexibility index (Phi) is 11.0. The van der Waals surface area contributed by atoms with E-state index in [2.05, 4.69) is 5.32 Å². The molecule has 0 radical (unpaired) electrons. The van der Waals surface area contributed by atoms with Crippen LogP contribution in [0, 0.1) is 20.8 Å². The number of nitrogens with zero attached hydrogens (tertiary/aromatic N) is 2. The maximum atomic E-state index is 14.1. The third-order valence-electron chi connectivity index (χ3n) is 7.19. The third-order valence-corrected chi connectivity index (χ3v) is 9.39. The highest BCUT2D eigenvalue weighted by Crippen LogP contribution is 2.29. The van der Waals surface area contributed by atoms with E-state index in [0.717, 1.165) is 33.0 Å². The van der Waals surface area contributed by atoms with E-state index in [4.69, 9.17) is 11.6 Å². The summed E-state index contributed by atoms with van der Waals surface area (Å²) >= 11 is 6.40. The van der Waals surface area contributed by atoms with Crippen LogP contribution in [0.15, 0.2) is 71.6 Å². The van der Waals surface area contributed by atoms with Gasteiger partial charge >= 0.3 is 0 Å². The number of carbonyl (C=O) groups is 2. The fourth-order valence-electron chi connectivity index (χ4n) is 4.35. The smallest absolute Gasteiger partial charge is 0.264 e. The van der Waals surface area contributed by atoms with E-state index in [0.29, 0.717) is 11.4 Å². The number of halogens is 1. The lowest BCUT2D eigenvalue weighted by Crippen LogP contribution is -2.53. The summed E-state index contributed by atoms with van der Waals surface area (Å²) in [6, 6.07) is 18.2. The highest BCUT2D eigenvalue weighted by Gasteiger charge is 2.34. The number of hydrogen-bond donors (Lipinski definition) is 1. The number of rotatable bonds is 12. The molecule has 0 aliphatic heterocycles. The molecule has 9 heteroatoms. The monoisotopic (exact) mass is 597 g/mol. The molecule has 0 aliphatic rings. The maximum Gasteiger partial charge on any atom is 0.264 e. The lowest BCUT2D eigenvalue weighted by molar-refractivity contribution is -0.140. The van der Waals surface area contributed by atoms with Crippen molar-refractivity contribution in [1.82, 2.24) is 10.2 Å². The Bertz CT molecular complexity index is 1460. The minimum absolute atomic E-state index is 0.0548. The zero-order chi connectivity index (χ0) is 30.3.